The van der Waals surface area contributed by atoms with Crippen molar-refractivity contribution in [1.29, 1.82) is 0 Å². The number of nitrogens with zero attached hydrogens (tertiary/aromatic N) is 1. The van der Waals surface area contributed by atoms with Gasteiger partial charge in [-0.05, 0) is 24.6 Å². The van der Waals surface area contributed by atoms with Crippen LogP contribution in [0, 0.1) is 0 Å². The number of carbonyl (C=O) groups excluding carboxylic acids is 1. The van der Waals surface area contributed by atoms with Crippen LogP contribution in [0.4, 0.5) is 5.69 Å². The molecule has 2 rings (SSSR count). The maximum atomic E-state index is 11.7. The summed E-state index contributed by atoms with van der Waals surface area (Å²) in [6, 6.07) is 8.13. The van der Waals surface area contributed by atoms with Crippen molar-refractivity contribution >= 4 is 11.5 Å². The summed E-state index contributed by atoms with van der Waals surface area (Å²) in [7, 11) is 4.00. The number of anilines is 1. The fourth-order valence-corrected chi connectivity index (χ4v) is 1.96. The Kier molecular flexibility index (Phi) is 2.72. The summed E-state index contributed by atoms with van der Waals surface area (Å²) in [5.41, 5.74) is 1.82. The molecule has 0 aliphatic carbocycles. The van der Waals surface area contributed by atoms with Crippen LogP contribution < -0.4 is 4.90 Å². The lowest BCUT2D eigenvalue weighted by atomic mass is 9.75. The van der Waals surface area contributed by atoms with Gasteiger partial charge in [0, 0.05) is 19.8 Å². The number of ether oxygens (including phenoxy) is 1. The van der Waals surface area contributed by atoms with Crippen molar-refractivity contribution in [3.63, 3.8) is 0 Å². The van der Waals surface area contributed by atoms with Gasteiger partial charge in [0.05, 0.1) is 13.2 Å². The Balaban J connectivity index is 2.30. The van der Waals surface area contributed by atoms with E-state index in [1.165, 1.54) is 0 Å². The Morgan fingerprint density at radius 3 is 2.12 bits per heavy atom. The molecule has 0 N–H and O–H groups in total. The van der Waals surface area contributed by atoms with Gasteiger partial charge in [-0.15, -0.1) is 0 Å². The number of ketones is 1. The highest BCUT2D eigenvalue weighted by atomic mass is 16.5. The van der Waals surface area contributed by atoms with Crippen LogP contribution in [0.5, 0.6) is 0 Å². The van der Waals surface area contributed by atoms with Crippen LogP contribution >= 0.6 is 0 Å². The molecule has 1 aromatic rings. The summed E-state index contributed by atoms with van der Waals surface area (Å²) in [4.78, 5) is 13.7. The zero-order chi connectivity index (χ0) is 11.8. The summed E-state index contributed by atoms with van der Waals surface area (Å²) in [6.45, 7) is 2.68. The summed E-state index contributed by atoms with van der Waals surface area (Å²) in [6.07, 6.45) is 0. The molecule has 0 unspecified atom stereocenters. The van der Waals surface area contributed by atoms with Crippen LogP contribution in [-0.4, -0.2) is 33.1 Å². The van der Waals surface area contributed by atoms with Crippen LogP contribution in [0.15, 0.2) is 24.3 Å². The second-order valence-electron chi connectivity index (χ2n) is 4.57. The maximum Gasteiger partial charge on any atom is 0.145 e. The van der Waals surface area contributed by atoms with Crippen molar-refractivity contribution in [2.45, 2.75) is 12.3 Å². The van der Waals surface area contributed by atoms with Gasteiger partial charge in [-0.1, -0.05) is 12.1 Å². The van der Waals surface area contributed by atoms with Gasteiger partial charge in [0.1, 0.15) is 11.2 Å². The van der Waals surface area contributed by atoms with E-state index in [2.05, 4.69) is 0 Å². The summed E-state index contributed by atoms with van der Waals surface area (Å²) in [5, 5.41) is 0. The van der Waals surface area contributed by atoms with E-state index in [4.69, 9.17) is 4.74 Å². The largest absolute Gasteiger partial charge is 0.378 e. The van der Waals surface area contributed by atoms with Crippen LogP contribution in [0.2, 0.25) is 0 Å². The molecule has 1 heterocycles. The highest BCUT2D eigenvalue weighted by Crippen LogP contribution is 2.34. The molecule has 0 amide bonds. The lowest BCUT2D eigenvalue weighted by molar-refractivity contribution is -0.140. The first-order chi connectivity index (χ1) is 7.56. The number of hydrogen-bond acceptors (Lipinski definition) is 3. The van der Waals surface area contributed by atoms with Gasteiger partial charge in [0.2, 0.25) is 0 Å². The van der Waals surface area contributed by atoms with Crippen molar-refractivity contribution < 1.29 is 9.53 Å². The van der Waals surface area contributed by atoms with Gasteiger partial charge in [-0.3, -0.25) is 4.79 Å². The van der Waals surface area contributed by atoms with Crippen molar-refractivity contribution in [3.8, 4) is 0 Å². The highest BCUT2D eigenvalue weighted by Gasteiger charge is 2.44. The smallest absolute Gasteiger partial charge is 0.145 e. The van der Waals surface area contributed by atoms with E-state index < -0.39 is 0 Å². The normalized spacial score (nSPS) is 17.7. The monoisotopic (exact) mass is 219 g/mol. The van der Waals surface area contributed by atoms with Crippen molar-refractivity contribution in [3.05, 3.63) is 29.8 Å². The van der Waals surface area contributed by atoms with Gasteiger partial charge in [-0.2, -0.15) is 0 Å². The number of rotatable bonds is 3. The van der Waals surface area contributed by atoms with E-state index in [1.54, 1.807) is 6.92 Å². The standard InChI is InChI=1S/C13H17NO2/c1-10(15)13(8-16-9-13)11-4-6-12(7-5-11)14(2)3/h4-7H,8-9H2,1-3H3. The highest BCUT2D eigenvalue weighted by molar-refractivity contribution is 5.89. The molecule has 86 valence electrons. The molecular formula is C13H17NO2. The van der Waals surface area contributed by atoms with Gasteiger partial charge >= 0.3 is 0 Å². The first-order valence-corrected chi connectivity index (χ1v) is 5.43. The molecule has 0 radical (unpaired) electrons. The molecule has 1 aliphatic heterocycles. The molecule has 0 bridgehead atoms. The third-order valence-corrected chi connectivity index (χ3v) is 3.31. The molecule has 1 aliphatic rings. The molecule has 1 fully saturated rings. The van der Waals surface area contributed by atoms with E-state index in [9.17, 15) is 4.79 Å². The lowest BCUT2D eigenvalue weighted by Gasteiger charge is -2.39. The van der Waals surface area contributed by atoms with Gasteiger partial charge in [0.25, 0.3) is 0 Å². The molecular weight excluding hydrogens is 202 g/mol. The maximum absolute atomic E-state index is 11.7. The number of benzene rings is 1. The van der Waals surface area contributed by atoms with Crippen molar-refractivity contribution in [2.24, 2.45) is 0 Å². The first-order valence-electron chi connectivity index (χ1n) is 5.43. The number of carbonyl (C=O) groups is 1. The fourth-order valence-electron chi connectivity index (χ4n) is 1.96. The molecule has 3 heteroatoms. The minimum absolute atomic E-state index is 0.191. The first kappa shape index (κ1) is 11.1. The average molecular weight is 219 g/mol. The van der Waals surface area contributed by atoms with Gasteiger partial charge in [0.15, 0.2) is 0 Å². The Morgan fingerprint density at radius 2 is 1.81 bits per heavy atom. The fraction of sp³-hybridized carbons (Fsp3) is 0.462. The van der Waals surface area contributed by atoms with Crippen LogP contribution in [0.25, 0.3) is 0 Å². The van der Waals surface area contributed by atoms with Crippen LogP contribution in [0.1, 0.15) is 12.5 Å². The molecule has 0 aromatic heterocycles. The molecule has 0 spiro atoms. The third kappa shape index (κ3) is 1.61. The van der Waals surface area contributed by atoms with E-state index in [0.29, 0.717) is 13.2 Å². The second kappa shape index (κ2) is 3.91. The predicted molar refractivity (Wildman–Crippen MR) is 63.9 cm³/mol. The second-order valence-corrected chi connectivity index (χ2v) is 4.57. The summed E-state index contributed by atoms with van der Waals surface area (Å²) < 4.78 is 5.20. The Labute approximate surface area is 96.0 Å². The zero-order valence-electron chi connectivity index (χ0n) is 9.99. The number of Topliss-reactive ketones (excluding diaryl/α,β-unsaturated/α-hetero) is 1. The average Bonchev–Trinajstić information content (AvgIpc) is 2.16. The minimum Gasteiger partial charge on any atom is -0.378 e. The topological polar surface area (TPSA) is 29.5 Å². The Hall–Kier alpha value is -1.35. The van der Waals surface area contributed by atoms with Crippen molar-refractivity contribution in [1.82, 2.24) is 0 Å². The molecule has 3 nitrogen and oxygen atoms in total. The number of hydrogen-bond donors (Lipinski definition) is 0. The third-order valence-electron chi connectivity index (χ3n) is 3.31. The van der Waals surface area contributed by atoms with E-state index in [0.717, 1.165) is 11.3 Å². The lowest BCUT2D eigenvalue weighted by Crippen LogP contribution is -2.52. The Morgan fingerprint density at radius 1 is 1.25 bits per heavy atom. The summed E-state index contributed by atoms with van der Waals surface area (Å²) >= 11 is 0. The zero-order valence-corrected chi connectivity index (χ0v) is 9.99. The molecule has 0 saturated carbocycles. The molecule has 1 saturated heterocycles. The molecule has 1 aromatic carbocycles. The van der Waals surface area contributed by atoms with Crippen molar-refractivity contribution in [2.75, 3.05) is 32.2 Å². The van der Waals surface area contributed by atoms with E-state index in [1.807, 2.05) is 43.3 Å². The van der Waals surface area contributed by atoms with Crippen LogP contribution in [-0.2, 0) is 14.9 Å². The van der Waals surface area contributed by atoms with E-state index >= 15 is 0 Å². The van der Waals surface area contributed by atoms with Gasteiger partial charge in [-0.25, -0.2) is 0 Å². The van der Waals surface area contributed by atoms with Gasteiger partial charge < -0.3 is 9.64 Å². The summed E-state index contributed by atoms with van der Waals surface area (Å²) in [5.74, 6) is 0.191. The molecule has 0 atom stereocenters. The quantitative estimate of drug-likeness (QED) is 0.773. The SMILES string of the molecule is CC(=O)C1(c2ccc(N(C)C)cc2)COC1. The van der Waals surface area contributed by atoms with Crippen LogP contribution in [0.3, 0.4) is 0 Å². The Bertz CT molecular complexity index is 391. The predicted octanol–water partition coefficient (Wildman–Crippen LogP) is 1.61. The molecule has 16 heavy (non-hydrogen) atoms. The minimum atomic E-state index is -0.384. The van der Waals surface area contributed by atoms with E-state index in [-0.39, 0.29) is 11.2 Å².